The van der Waals surface area contributed by atoms with Gasteiger partial charge in [0.2, 0.25) is 5.91 Å². The molecule has 11 nitrogen and oxygen atoms in total. The number of carbonyl (C=O) groups is 1. The van der Waals surface area contributed by atoms with Crippen molar-refractivity contribution in [3.05, 3.63) is 64.2 Å². The van der Waals surface area contributed by atoms with Gasteiger partial charge in [-0.1, -0.05) is 0 Å². The number of hydrogen-bond acceptors (Lipinski definition) is 8. The molecule has 0 radical (unpaired) electrons. The molecule has 0 aliphatic carbocycles. The van der Waals surface area contributed by atoms with Crippen LogP contribution in [0.1, 0.15) is 24.2 Å². The number of amides is 1. The summed E-state index contributed by atoms with van der Waals surface area (Å²) in [6, 6.07) is 9.43. The number of aryl methyl sites for hydroxylation is 1. The predicted octanol–water partition coefficient (Wildman–Crippen LogP) is 2.61. The summed E-state index contributed by atoms with van der Waals surface area (Å²) in [6.07, 6.45) is 5.00. The average molecular weight is 432 g/mol. The van der Waals surface area contributed by atoms with Crippen molar-refractivity contribution in [2.45, 2.75) is 19.8 Å². The number of imidazole rings is 1. The molecule has 0 spiro atoms. The first kappa shape index (κ1) is 20.9. The summed E-state index contributed by atoms with van der Waals surface area (Å²) in [6.45, 7) is 3.09. The molecule has 4 rings (SSSR count). The van der Waals surface area contributed by atoms with Crippen LogP contribution in [0.2, 0.25) is 0 Å². The lowest BCUT2D eigenvalue weighted by Crippen LogP contribution is -2.41. The van der Waals surface area contributed by atoms with Crippen LogP contribution in [0.4, 0.5) is 17.2 Å². The van der Waals surface area contributed by atoms with Crippen molar-refractivity contribution in [1.29, 1.82) is 5.26 Å². The van der Waals surface area contributed by atoms with Gasteiger partial charge in [-0.05, 0) is 38.0 Å². The standard InChI is InChI=1S/C21H20N8O3/c1-14-23-8-10-28(14)20-7-6-19(25-26-20)27-9-2-3-15(13-27)21(30)24-18-5-4-17(29(31)32)11-16(18)12-22/h4-8,10-11,15H,2-3,9,13H2,1H3,(H,24,30). The van der Waals surface area contributed by atoms with Crippen LogP contribution in [0.3, 0.4) is 0 Å². The zero-order valence-electron chi connectivity index (χ0n) is 17.3. The van der Waals surface area contributed by atoms with E-state index in [4.69, 9.17) is 0 Å². The molecule has 0 bridgehead atoms. The highest BCUT2D eigenvalue weighted by atomic mass is 16.6. The first-order valence-electron chi connectivity index (χ1n) is 10.0. The van der Waals surface area contributed by atoms with E-state index in [1.54, 1.807) is 6.20 Å². The molecule has 3 heterocycles. The summed E-state index contributed by atoms with van der Waals surface area (Å²) in [4.78, 5) is 29.4. The Labute approximate surface area is 183 Å². The number of nitrogens with one attached hydrogen (secondary N) is 1. The summed E-state index contributed by atoms with van der Waals surface area (Å²) in [5, 5.41) is 31.6. The highest BCUT2D eigenvalue weighted by Crippen LogP contribution is 2.25. The molecule has 1 fully saturated rings. The minimum absolute atomic E-state index is 0.0523. The topological polar surface area (TPSA) is 143 Å². The summed E-state index contributed by atoms with van der Waals surface area (Å²) < 4.78 is 1.83. The van der Waals surface area contributed by atoms with E-state index < -0.39 is 4.92 Å². The Hall–Kier alpha value is -4.33. The second-order valence-corrected chi connectivity index (χ2v) is 7.47. The largest absolute Gasteiger partial charge is 0.354 e. The van der Waals surface area contributed by atoms with Crippen LogP contribution in [0, 0.1) is 34.3 Å². The summed E-state index contributed by atoms with van der Waals surface area (Å²) in [5.41, 5.74) is 0.118. The molecule has 162 valence electrons. The fourth-order valence-electron chi connectivity index (χ4n) is 3.72. The normalized spacial score (nSPS) is 15.8. The van der Waals surface area contributed by atoms with Crippen LogP contribution >= 0.6 is 0 Å². The van der Waals surface area contributed by atoms with Gasteiger partial charge in [0.25, 0.3) is 5.69 Å². The van der Waals surface area contributed by atoms with Gasteiger partial charge in [0.15, 0.2) is 11.6 Å². The van der Waals surface area contributed by atoms with E-state index in [0.717, 1.165) is 24.9 Å². The number of rotatable bonds is 5. The van der Waals surface area contributed by atoms with Gasteiger partial charge in [0.1, 0.15) is 11.9 Å². The van der Waals surface area contributed by atoms with Crippen molar-refractivity contribution in [3.8, 4) is 11.9 Å². The van der Waals surface area contributed by atoms with Crippen molar-refractivity contribution in [1.82, 2.24) is 19.7 Å². The molecule has 1 aromatic carbocycles. The van der Waals surface area contributed by atoms with E-state index in [1.807, 2.05) is 40.8 Å². The molecule has 3 aromatic rings. The second kappa shape index (κ2) is 8.81. The van der Waals surface area contributed by atoms with Gasteiger partial charge in [-0.25, -0.2) is 4.98 Å². The fourth-order valence-corrected chi connectivity index (χ4v) is 3.72. The molecule has 1 unspecified atom stereocenters. The highest BCUT2D eigenvalue weighted by Gasteiger charge is 2.27. The molecule has 1 aliphatic rings. The predicted molar refractivity (Wildman–Crippen MR) is 115 cm³/mol. The molecule has 1 aliphatic heterocycles. The third-order valence-electron chi connectivity index (χ3n) is 5.42. The van der Waals surface area contributed by atoms with Gasteiger partial charge < -0.3 is 10.2 Å². The molecular weight excluding hydrogens is 412 g/mol. The summed E-state index contributed by atoms with van der Waals surface area (Å²) in [5.74, 6) is 1.60. The van der Waals surface area contributed by atoms with Gasteiger partial charge in [-0.15, -0.1) is 10.2 Å². The lowest BCUT2D eigenvalue weighted by Gasteiger charge is -2.32. The zero-order valence-corrected chi connectivity index (χ0v) is 17.3. The SMILES string of the molecule is Cc1nccn1-c1ccc(N2CCCC(C(=O)Nc3ccc([N+](=O)[O-])cc3C#N)C2)nn1. The minimum atomic E-state index is -0.577. The Kier molecular flexibility index (Phi) is 5.76. The van der Waals surface area contributed by atoms with E-state index >= 15 is 0 Å². The Morgan fingerprint density at radius 3 is 2.72 bits per heavy atom. The maximum atomic E-state index is 12.9. The minimum Gasteiger partial charge on any atom is -0.354 e. The van der Waals surface area contributed by atoms with Gasteiger partial charge in [0.05, 0.1) is 22.1 Å². The van der Waals surface area contributed by atoms with E-state index in [1.165, 1.54) is 12.1 Å². The van der Waals surface area contributed by atoms with Crippen molar-refractivity contribution in [3.63, 3.8) is 0 Å². The van der Waals surface area contributed by atoms with Gasteiger partial charge >= 0.3 is 0 Å². The number of piperidine rings is 1. The monoisotopic (exact) mass is 432 g/mol. The van der Waals surface area contributed by atoms with Gasteiger partial charge in [-0.2, -0.15) is 5.26 Å². The zero-order chi connectivity index (χ0) is 22.7. The summed E-state index contributed by atoms with van der Waals surface area (Å²) in [7, 11) is 0. The Morgan fingerprint density at radius 2 is 2.06 bits per heavy atom. The number of nitro groups is 1. The number of benzene rings is 1. The number of aromatic nitrogens is 4. The molecular formula is C21H20N8O3. The fraction of sp³-hybridized carbons (Fsp3) is 0.286. The molecule has 1 saturated heterocycles. The Bertz CT molecular complexity index is 1200. The smallest absolute Gasteiger partial charge is 0.270 e. The van der Waals surface area contributed by atoms with Crippen LogP contribution in [-0.2, 0) is 4.79 Å². The number of non-ortho nitro benzene ring substituents is 1. The van der Waals surface area contributed by atoms with Crippen molar-refractivity contribution < 1.29 is 9.72 Å². The van der Waals surface area contributed by atoms with Gasteiger partial charge in [0, 0.05) is 37.6 Å². The number of carbonyl (C=O) groups excluding carboxylic acids is 1. The number of hydrogen-bond donors (Lipinski definition) is 1. The van der Waals surface area contributed by atoms with E-state index in [0.29, 0.717) is 24.6 Å². The van der Waals surface area contributed by atoms with Crippen molar-refractivity contribution in [2.24, 2.45) is 5.92 Å². The number of nitro benzene ring substituents is 1. The number of anilines is 2. The molecule has 32 heavy (non-hydrogen) atoms. The van der Waals surface area contributed by atoms with Crippen LogP contribution in [0.5, 0.6) is 0 Å². The third kappa shape index (κ3) is 4.24. The van der Waals surface area contributed by atoms with Gasteiger partial charge in [-0.3, -0.25) is 19.5 Å². The molecule has 1 N–H and O–H groups in total. The van der Waals surface area contributed by atoms with Crippen molar-refractivity contribution in [2.75, 3.05) is 23.3 Å². The Balaban J connectivity index is 1.45. The quantitative estimate of drug-likeness (QED) is 0.479. The lowest BCUT2D eigenvalue weighted by atomic mass is 9.97. The maximum absolute atomic E-state index is 12.9. The molecule has 2 aromatic heterocycles. The first-order chi connectivity index (χ1) is 15.5. The highest BCUT2D eigenvalue weighted by molar-refractivity contribution is 5.94. The number of nitrogens with zero attached hydrogens (tertiary/aromatic N) is 7. The van der Waals surface area contributed by atoms with Crippen LogP contribution in [0.15, 0.2) is 42.7 Å². The van der Waals surface area contributed by atoms with Crippen molar-refractivity contribution >= 4 is 23.1 Å². The van der Waals surface area contributed by atoms with Crippen LogP contribution in [-0.4, -0.2) is 43.7 Å². The average Bonchev–Trinajstić information content (AvgIpc) is 3.25. The number of nitriles is 1. The van der Waals surface area contributed by atoms with Crippen LogP contribution in [0.25, 0.3) is 5.82 Å². The molecule has 11 heteroatoms. The lowest BCUT2D eigenvalue weighted by molar-refractivity contribution is -0.384. The van der Waals surface area contributed by atoms with E-state index in [9.17, 15) is 20.2 Å². The third-order valence-corrected chi connectivity index (χ3v) is 5.42. The summed E-state index contributed by atoms with van der Waals surface area (Å²) >= 11 is 0. The van der Waals surface area contributed by atoms with E-state index in [-0.39, 0.29) is 28.8 Å². The van der Waals surface area contributed by atoms with Crippen LogP contribution < -0.4 is 10.2 Å². The first-order valence-corrected chi connectivity index (χ1v) is 10.0. The Morgan fingerprint density at radius 1 is 1.28 bits per heavy atom. The molecule has 0 saturated carbocycles. The molecule has 1 amide bonds. The molecule has 1 atom stereocenters. The van der Waals surface area contributed by atoms with E-state index in [2.05, 4.69) is 20.5 Å². The second-order valence-electron chi connectivity index (χ2n) is 7.47. The maximum Gasteiger partial charge on any atom is 0.270 e.